The Morgan fingerprint density at radius 1 is 1.17 bits per heavy atom. The number of aryl methyl sites for hydroxylation is 2. The van der Waals surface area contributed by atoms with Gasteiger partial charge in [-0.2, -0.15) is 0 Å². The van der Waals surface area contributed by atoms with E-state index in [0.29, 0.717) is 23.4 Å². The van der Waals surface area contributed by atoms with Crippen LogP contribution in [0.25, 0.3) is 21.3 Å². The average molecular weight is 494 g/mol. The molecule has 7 nitrogen and oxygen atoms in total. The third-order valence-corrected chi connectivity index (χ3v) is 8.54. The largest absolute Gasteiger partial charge is 0.365 e. The summed E-state index contributed by atoms with van der Waals surface area (Å²) in [7, 11) is 2.07. The fourth-order valence-corrected chi connectivity index (χ4v) is 6.36. The van der Waals surface area contributed by atoms with Gasteiger partial charge in [0.1, 0.15) is 0 Å². The standard InChI is InChI=1S/C27H35N5O2S/c1-16-13-19-20(23-10-9-17(2)35-23)14-28-25(24(19)31-26(16)33)30-22-11-12-32(3)15-21(22)27(34)29-18-7-5-4-6-8-18/h9-10,13-14,18,21-22H,4-8,11-12,15H2,1-3H3,(H,28,30)(H,29,34)(H,31,33)/t21-,22-/m1/s1. The van der Waals surface area contributed by atoms with Gasteiger partial charge in [0.2, 0.25) is 5.91 Å². The predicted molar refractivity (Wildman–Crippen MR) is 143 cm³/mol. The van der Waals surface area contributed by atoms with Crippen molar-refractivity contribution in [2.75, 3.05) is 25.5 Å². The first-order valence-electron chi connectivity index (χ1n) is 12.7. The van der Waals surface area contributed by atoms with Crippen LogP contribution in [0.15, 0.2) is 29.2 Å². The number of hydrogen-bond donors (Lipinski definition) is 3. The second-order valence-corrected chi connectivity index (χ2v) is 11.5. The number of rotatable bonds is 5. The molecule has 2 atom stereocenters. The second kappa shape index (κ2) is 10.1. The molecule has 186 valence electrons. The van der Waals surface area contributed by atoms with Crippen LogP contribution in [0, 0.1) is 19.8 Å². The normalized spacial score (nSPS) is 21.8. The van der Waals surface area contributed by atoms with Gasteiger partial charge in [0.05, 0.1) is 11.4 Å². The lowest BCUT2D eigenvalue weighted by atomic mass is 9.89. The van der Waals surface area contributed by atoms with Crippen LogP contribution in [0.4, 0.5) is 5.82 Å². The Morgan fingerprint density at radius 3 is 2.71 bits per heavy atom. The molecule has 8 heteroatoms. The van der Waals surface area contributed by atoms with E-state index in [9.17, 15) is 9.59 Å². The summed E-state index contributed by atoms with van der Waals surface area (Å²) in [4.78, 5) is 38.4. The van der Waals surface area contributed by atoms with Gasteiger partial charge in [0.15, 0.2) is 5.82 Å². The molecule has 0 spiro atoms. The van der Waals surface area contributed by atoms with E-state index >= 15 is 0 Å². The first-order chi connectivity index (χ1) is 16.9. The van der Waals surface area contributed by atoms with Gasteiger partial charge in [0, 0.05) is 51.1 Å². The van der Waals surface area contributed by atoms with E-state index in [0.717, 1.165) is 41.6 Å². The fraction of sp³-hybridized carbons (Fsp3) is 0.519. The van der Waals surface area contributed by atoms with Gasteiger partial charge in [-0.1, -0.05) is 19.3 Å². The number of pyridine rings is 2. The van der Waals surface area contributed by atoms with E-state index in [1.165, 1.54) is 24.1 Å². The molecule has 1 aliphatic carbocycles. The molecular formula is C27H35N5O2S. The van der Waals surface area contributed by atoms with E-state index in [2.05, 4.69) is 46.6 Å². The molecule has 2 aliphatic rings. The molecule has 35 heavy (non-hydrogen) atoms. The maximum Gasteiger partial charge on any atom is 0.251 e. The van der Waals surface area contributed by atoms with Crippen molar-refractivity contribution < 1.29 is 4.79 Å². The van der Waals surface area contributed by atoms with E-state index < -0.39 is 0 Å². The molecule has 3 aromatic rings. The summed E-state index contributed by atoms with van der Waals surface area (Å²) >= 11 is 1.72. The number of carbonyl (C=O) groups excluding carboxylic acids is 1. The van der Waals surface area contributed by atoms with Crippen LogP contribution in [0.3, 0.4) is 0 Å². The van der Waals surface area contributed by atoms with Crippen molar-refractivity contribution in [3.05, 3.63) is 45.2 Å². The number of piperidine rings is 1. The van der Waals surface area contributed by atoms with Crippen molar-refractivity contribution in [3.63, 3.8) is 0 Å². The summed E-state index contributed by atoms with van der Waals surface area (Å²) in [5, 5.41) is 7.88. The minimum atomic E-state index is -0.177. The Bertz CT molecular complexity index is 1280. The van der Waals surface area contributed by atoms with Gasteiger partial charge in [-0.25, -0.2) is 4.98 Å². The van der Waals surface area contributed by atoms with Crippen LogP contribution in [-0.2, 0) is 4.79 Å². The number of amides is 1. The van der Waals surface area contributed by atoms with Crippen molar-refractivity contribution >= 4 is 34.0 Å². The molecule has 0 unspecified atom stereocenters. The first-order valence-corrected chi connectivity index (χ1v) is 13.6. The minimum absolute atomic E-state index is 0.0508. The van der Waals surface area contributed by atoms with Crippen LogP contribution in [0.2, 0.25) is 0 Å². The van der Waals surface area contributed by atoms with Crippen molar-refractivity contribution in [1.29, 1.82) is 0 Å². The molecule has 4 heterocycles. The molecule has 0 radical (unpaired) electrons. The Balaban J connectivity index is 1.46. The maximum atomic E-state index is 13.4. The number of hydrogen-bond acceptors (Lipinski definition) is 6. The molecular weight excluding hydrogens is 458 g/mol. The summed E-state index contributed by atoms with van der Waals surface area (Å²) in [6, 6.07) is 6.39. The smallest absolute Gasteiger partial charge is 0.251 e. The molecule has 3 aromatic heterocycles. The molecule has 1 saturated heterocycles. The lowest BCUT2D eigenvalue weighted by Crippen LogP contribution is -2.53. The van der Waals surface area contributed by atoms with Gasteiger partial charge in [-0.15, -0.1) is 11.3 Å². The highest BCUT2D eigenvalue weighted by Gasteiger charge is 2.35. The lowest BCUT2D eigenvalue weighted by molar-refractivity contribution is -0.127. The molecule has 0 aromatic carbocycles. The Hall–Kier alpha value is -2.71. The van der Waals surface area contributed by atoms with Crippen molar-refractivity contribution in [2.24, 2.45) is 5.92 Å². The summed E-state index contributed by atoms with van der Waals surface area (Å²) < 4.78 is 0. The minimum Gasteiger partial charge on any atom is -0.365 e. The number of nitrogens with one attached hydrogen (secondary N) is 3. The highest BCUT2D eigenvalue weighted by atomic mass is 32.1. The topological polar surface area (TPSA) is 90.1 Å². The van der Waals surface area contributed by atoms with E-state index in [4.69, 9.17) is 4.98 Å². The summed E-state index contributed by atoms with van der Waals surface area (Å²) in [6.45, 7) is 5.53. The summed E-state index contributed by atoms with van der Waals surface area (Å²) in [6.07, 6.45) is 8.52. The van der Waals surface area contributed by atoms with E-state index in [1.54, 1.807) is 11.3 Å². The third kappa shape index (κ3) is 5.14. The number of aromatic amines is 1. The number of carbonyl (C=O) groups is 1. The van der Waals surface area contributed by atoms with Crippen LogP contribution in [-0.4, -0.2) is 53.0 Å². The van der Waals surface area contributed by atoms with Crippen molar-refractivity contribution in [3.8, 4) is 10.4 Å². The highest BCUT2D eigenvalue weighted by Crippen LogP contribution is 2.35. The van der Waals surface area contributed by atoms with E-state index in [1.807, 2.05) is 19.2 Å². The molecule has 0 bridgehead atoms. The Morgan fingerprint density at radius 2 is 1.97 bits per heavy atom. The lowest BCUT2D eigenvalue weighted by Gasteiger charge is -2.37. The van der Waals surface area contributed by atoms with Gasteiger partial charge in [-0.3, -0.25) is 9.59 Å². The third-order valence-electron chi connectivity index (χ3n) is 7.51. The zero-order valence-corrected chi connectivity index (χ0v) is 21.6. The van der Waals surface area contributed by atoms with Crippen LogP contribution >= 0.6 is 11.3 Å². The summed E-state index contributed by atoms with van der Waals surface area (Å²) in [5.74, 6) is 0.587. The molecule has 2 fully saturated rings. The second-order valence-electron chi connectivity index (χ2n) is 10.3. The van der Waals surface area contributed by atoms with Gasteiger partial charge >= 0.3 is 0 Å². The zero-order valence-electron chi connectivity index (χ0n) is 20.8. The number of anilines is 1. The quantitative estimate of drug-likeness (QED) is 0.489. The number of aromatic nitrogens is 2. The van der Waals surface area contributed by atoms with Crippen molar-refractivity contribution in [1.82, 2.24) is 20.2 Å². The summed E-state index contributed by atoms with van der Waals surface area (Å²) in [5.41, 5.74) is 2.28. The predicted octanol–water partition coefficient (Wildman–Crippen LogP) is 4.45. The fourth-order valence-electron chi connectivity index (χ4n) is 5.47. The van der Waals surface area contributed by atoms with Crippen LogP contribution in [0.1, 0.15) is 49.0 Å². The average Bonchev–Trinajstić information content (AvgIpc) is 3.28. The molecule has 3 N–H and O–H groups in total. The maximum absolute atomic E-state index is 13.4. The highest BCUT2D eigenvalue weighted by molar-refractivity contribution is 7.15. The molecule has 1 saturated carbocycles. The number of nitrogens with zero attached hydrogens (tertiary/aromatic N) is 2. The molecule has 1 amide bonds. The SMILES string of the molecule is Cc1ccc(-c2cnc(N[C@@H]3CCN(C)C[C@H]3C(=O)NC3CCCCC3)c3[nH]c(=O)c(C)cc23)s1. The number of fused-ring (bicyclic) bond motifs is 1. The van der Waals surface area contributed by atoms with Gasteiger partial charge in [0.25, 0.3) is 5.56 Å². The number of H-pyrrole nitrogens is 1. The van der Waals surface area contributed by atoms with E-state index in [-0.39, 0.29) is 29.5 Å². The van der Waals surface area contributed by atoms with Gasteiger partial charge in [-0.05, 0) is 64.9 Å². The monoisotopic (exact) mass is 493 g/mol. The van der Waals surface area contributed by atoms with Gasteiger partial charge < -0.3 is 20.5 Å². The Kier molecular flexibility index (Phi) is 6.93. The van der Waals surface area contributed by atoms with Crippen molar-refractivity contribution in [2.45, 2.75) is 64.5 Å². The molecule has 5 rings (SSSR count). The van der Waals surface area contributed by atoms with Crippen LogP contribution < -0.4 is 16.2 Å². The Labute approximate surface area is 210 Å². The molecule has 1 aliphatic heterocycles. The van der Waals surface area contributed by atoms with Crippen LogP contribution in [0.5, 0.6) is 0 Å². The number of likely N-dealkylation sites (tertiary alicyclic amines) is 1. The zero-order chi connectivity index (χ0) is 24.5. The number of thiophene rings is 1. The first kappa shape index (κ1) is 24.0.